The number of nitrogens with one attached hydrogen (secondary N) is 2. The molecule has 0 aliphatic carbocycles. The van der Waals surface area contributed by atoms with Crippen molar-refractivity contribution < 1.29 is 13.2 Å². The third-order valence-electron chi connectivity index (χ3n) is 4.06. The summed E-state index contributed by atoms with van der Waals surface area (Å²) in [5.74, 6) is 1.60. The molecule has 0 atom stereocenters. The average Bonchev–Trinajstić information content (AvgIpc) is 3.04. The molecular weight excluding hydrogens is 355 g/mol. The molecule has 0 unspecified atom stereocenters. The van der Waals surface area contributed by atoms with E-state index < -0.39 is 11.7 Å². The molecule has 0 saturated carbocycles. The maximum Gasteiger partial charge on any atom is 0.416 e. The molecule has 0 bridgehead atoms. The lowest BCUT2D eigenvalue weighted by Crippen LogP contribution is -2.37. The number of aliphatic imine (C=N–C) groups is 1. The summed E-state index contributed by atoms with van der Waals surface area (Å²) in [6.45, 7) is 6.44. The minimum absolute atomic E-state index is 0.188. The number of alkyl halides is 3. The van der Waals surface area contributed by atoms with E-state index in [1.54, 1.807) is 12.3 Å². The van der Waals surface area contributed by atoms with Crippen LogP contribution in [0.1, 0.15) is 36.7 Å². The van der Waals surface area contributed by atoms with Crippen molar-refractivity contribution in [3.63, 3.8) is 0 Å². The zero-order chi connectivity index (χ0) is 19.7. The number of nitrogens with zero attached hydrogens (tertiary/aromatic N) is 3. The topological polar surface area (TPSA) is 54.2 Å². The predicted octanol–water partition coefficient (Wildman–Crippen LogP) is 3.75. The van der Waals surface area contributed by atoms with Crippen LogP contribution in [0.15, 0.2) is 41.7 Å². The molecule has 0 amide bonds. The largest absolute Gasteiger partial charge is 0.416 e. The highest BCUT2D eigenvalue weighted by Gasteiger charge is 2.30. The number of aromatic nitrogens is 2. The number of hydrogen-bond donors (Lipinski definition) is 2. The first kappa shape index (κ1) is 20.8. The van der Waals surface area contributed by atoms with Gasteiger partial charge in [-0.1, -0.05) is 12.1 Å². The first-order chi connectivity index (χ1) is 12.9. The van der Waals surface area contributed by atoms with Crippen LogP contribution in [-0.4, -0.2) is 28.6 Å². The number of aryl methyl sites for hydroxylation is 2. The Kier molecular flexibility index (Phi) is 7.69. The van der Waals surface area contributed by atoms with Crippen LogP contribution < -0.4 is 10.6 Å². The Morgan fingerprint density at radius 3 is 2.70 bits per heavy atom. The number of unbranched alkanes of at least 4 members (excludes halogenated alkanes) is 1. The number of halogens is 3. The second-order valence-corrected chi connectivity index (χ2v) is 6.20. The quantitative estimate of drug-likeness (QED) is 0.416. The van der Waals surface area contributed by atoms with Gasteiger partial charge < -0.3 is 15.2 Å². The van der Waals surface area contributed by atoms with Crippen LogP contribution >= 0.6 is 0 Å². The van der Waals surface area contributed by atoms with Crippen LogP contribution in [-0.2, 0) is 19.3 Å². The summed E-state index contributed by atoms with van der Waals surface area (Å²) >= 11 is 0. The van der Waals surface area contributed by atoms with E-state index in [2.05, 4.69) is 25.2 Å². The van der Waals surface area contributed by atoms with Crippen molar-refractivity contribution in [3.05, 3.63) is 53.6 Å². The molecule has 1 aromatic heterocycles. The maximum atomic E-state index is 12.8. The molecule has 8 heteroatoms. The van der Waals surface area contributed by atoms with Gasteiger partial charge in [-0.3, -0.25) is 0 Å². The fourth-order valence-corrected chi connectivity index (χ4v) is 2.61. The number of rotatable bonds is 8. The first-order valence-electron chi connectivity index (χ1n) is 9.06. The Labute approximate surface area is 157 Å². The van der Waals surface area contributed by atoms with Crippen molar-refractivity contribution in [3.8, 4) is 0 Å². The van der Waals surface area contributed by atoms with Gasteiger partial charge in [-0.05, 0) is 44.4 Å². The van der Waals surface area contributed by atoms with Crippen LogP contribution in [0.2, 0.25) is 0 Å². The molecule has 0 radical (unpaired) electrons. The molecule has 2 N–H and O–H groups in total. The molecule has 27 heavy (non-hydrogen) atoms. The van der Waals surface area contributed by atoms with Gasteiger partial charge in [-0.25, -0.2) is 9.98 Å². The fraction of sp³-hybridized carbons (Fsp3) is 0.474. The first-order valence-corrected chi connectivity index (χ1v) is 9.06. The van der Waals surface area contributed by atoms with E-state index in [0.29, 0.717) is 18.1 Å². The van der Waals surface area contributed by atoms with Gasteiger partial charge in [0.2, 0.25) is 0 Å². The Bertz CT molecular complexity index is 737. The molecule has 1 heterocycles. The zero-order valence-electron chi connectivity index (χ0n) is 15.7. The van der Waals surface area contributed by atoms with Crippen LogP contribution in [0, 0.1) is 6.92 Å². The highest BCUT2D eigenvalue weighted by Crippen LogP contribution is 2.29. The lowest BCUT2D eigenvalue weighted by Gasteiger charge is -2.12. The van der Waals surface area contributed by atoms with Gasteiger partial charge in [-0.2, -0.15) is 13.2 Å². The normalized spacial score (nSPS) is 12.3. The molecule has 148 valence electrons. The van der Waals surface area contributed by atoms with Crippen LogP contribution in [0.4, 0.5) is 13.2 Å². The monoisotopic (exact) mass is 381 g/mol. The van der Waals surface area contributed by atoms with E-state index >= 15 is 0 Å². The standard InChI is InChI=1S/C19H26F3N5/c1-3-23-18(25-9-4-5-11-27-12-10-24-15(27)2)26-14-16-7-6-8-17(13-16)19(20,21)22/h6-8,10,12-13H,3-5,9,11,14H2,1-2H3,(H2,23,25,26). The van der Waals surface area contributed by atoms with Gasteiger partial charge in [0.05, 0.1) is 12.1 Å². The molecule has 2 aromatic rings. The summed E-state index contributed by atoms with van der Waals surface area (Å²) in [6.07, 6.45) is 1.36. The van der Waals surface area contributed by atoms with Gasteiger partial charge in [0, 0.05) is 32.0 Å². The highest BCUT2D eigenvalue weighted by atomic mass is 19.4. The van der Waals surface area contributed by atoms with Crippen molar-refractivity contribution in [1.82, 2.24) is 20.2 Å². The van der Waals surface area contributed by atoms with E-state index in [0.717, 1.165) is 43.9 Å². The van der Waals surface area contributed by atoms with E-state index in [9.17, 15) is 13.2 Å². The number of guanidine groups is 1. The third-order valence-corrected chi connectivity index (χ3v) is 4.06. The Balaban J connectivity index is 1.82. The average molecular weight is 381 g/mol. The van der Waals surface area contributed by atoms with Gasteiger partial charge in [0.25, 0.3) is 0 Å². The Hall–Kier alpha value is -2.51. The summed E-state index contributed by atoms with van der Waals surface area (Å²) in [5, 5.41) is 6.34. The molecule has 5 nitrogen and oxygen atoms in total. The van der Waals surface area contributed by atoms with Gasteiger partial charge in [0.1, 0.15) is 5.82 Å². The molecule has 0 spiro atoms. The van der Waals surface area contributed by atoms with E-state index in [1.807, 2.05) is 20.0 Å². The molecule has 1 aromatic carbocycles. The molecule has 0 aliphatic heterocycles. The van der Waals surface area contributed by atoms with Crippen molar-refractivity contribution >= 4 is 5.96 Å². The van der Waals surface area contributed by atoms with Gasteiger partial charge in [-0.15, -0.1) is 0 Å². The van der Waals surface area contributed by atoms with Gasteiger partial charge in [0.15, 0.2) is 5.96 Å². The Morgan fingerprint density at radius 1 is 1.22 bits per heavy atom. The van der Waals surface area contributed by atoms with Gasteiger partial charge >= 0.3 is 6.18 Å². The minimum Gasteiger partial charge on any atom is -0.357 e. The number of hydrogen-bond acceptors (Lipinski definition) is 2. The zero-order valence-corrected chi connectivity index (χ0v) is 15.7. The van der Waals surface area contributed by atoms with Crippen LogP contribution in [0.5, 0.6) is 0 Å². The SMILES string of the molecule is CCNC(=NCc1cccc(C(F)(F)F)c1)NCCCCn1ccnc1C. The summed E-state index contributed by atoms with van der Waals surface area (Å²) in [6, 6.07) is 5.26. The van der Waals surface area contributed by atoms with Crippen molar-refractivity contribution in [1.29, 1.82) is 0 Å². The second kappa shape index (κ2) is 9.99. The van der Waals surface area contributed by atoms with Crippen molar-refractivity contribution in [2.45, 2.75) is 46.0 Å². The minimum atomic E-state index is -4.34. The lowest BCUT2D eigenvalue weighted by atomic mass is 10.1. The van der Waals surface area contributed by atoms with Crippen LogP contribution in [0.3, 0.4) is 0 Å². The van der Waals surface area contributed by atoms with E-state index in [-0.39, 0.29) is 6.54 Å². The maximum absolute atomic E-state index is 12.8. The molecule has 0 fully saturated rings. The number of benzene rings is 1. The molecule has 0 aliphatic rings. The van der Waals surface area contributed by atoms with Crippen LogP contribution in [0.25, 0.3) is 0 Å². The molecule has 0 saturated heterocycles. The molecule has 2 rings (SSSR count). The summed E-state index contributed by atoms with van der Waals surface area (Å²) in [5.41, 5.74) is -0.124. The third kappa shape index (κ3) is 6.96. The van der Waals surface area contributed by atoms with E-state index in [4.69, 9.17) is 0 Å². The summed E-state index contributed by atoms with van der Waals surface area (Å²) in [7, 11) is 0. The van der Waals surface area contributed by atoms with Crippen molar-refractivity contribution in [2.24, 2.45) is 4.99 Å². The lowest BCUT2D eigenvalue weighted by molar-refractivity contribution is -0.137. The van der Waals surface area contributed by atoms with Crippen molar-refractivity contribution in [2.75, 3.05) is 13.1 Å². The summed E-state index contributed by atoms with van der Waals surface area (Å²) < 4.78 is 40.5. The second-order valence-electron chi connectivity index (χ2n) is 6.20. The predicted molar refractivity (Wildman–Crippen MR) is 100 cm³/mol. The van der Waals surface area contributed by atoms with E-state index in [1.165, 1.54) is 6.07 Å². The highest BCUT2D eigenvalue weighted by molar-refractivity contribution is 5.79. The molecular formula is C19H26F3N5. The summed E-state index contributed by atoms with van der Waals surface area (Å²) in [4.78, 5) is 8.57. The number of imidazole rings is 1. The smallest absolute Gasteiger partial charge is 0.357 e. The Morgan fingerprint density at radius 2 is 2.04 bits per heavy atom. The fourth-order valence-electron chi connectivity index (χ4n) is 2.61.